The third-order valence-corrected chi connectivity index (χ3v) is 3.96. The van der Waals surface area contributed by atoms with Crippen molar-refractivity contribution in [2.24, 2.45) is 0 Å². The molecule has 0 aliphatic heterocycles. The van der Waals surface area contributed by atoms with E-state index in [1.807, 2.05) is 0 Å². The number of rotatable bonds is 5. The minimum Gasteiger partial charge on any atom is -0.480 e. The molecule has 0 saturated heterocycles. The summed E-state index contributed by atoms with van der Waals surface area (Å²) in [6, 6.07) is 4.55. The maximum atomic E-state index is 13.1. The van der Waals surface area contributed by atoms with E-state index in [0.29, 0.717) is 17.7 Å². The van der Waals surface area contributed by atoms with E-state index in [0.717, 1.165) is 0 Å². The molecule has 0 amide bonds. The summed E-state index contributed by atoms with van der Waals surface area (Å²) in [6.45, 7) is 1.80. The van der Waals surface area contributed by atoms with Gasteiger partial charge in [0.1, 0.15) is 11.1 Å². The van der Waals surface area contributed by atoms with Gasteiger partial charge in [0.05, 0.1) is 5.02 Å². The summed E-state index contributed by atoms with van der Waals surface area (Å²) < 4.78 is 13.1. The van der Waals surface area contributed by atoms with Gasteiger partial charge in [0.2, 0.25) is 0 Å². The second-order valence-electron chi connectivity index (χ2n) is 3.26. The fraction of sp³-hybridized carbons (Fsp3) is 0.364. The van der Waals surface area contributed by atoms with Crippen molar-refractivity contribution in [1.82, 2.24) is 0 Å². The van der Waals surface area contributed by atoms with Gasteiger partial charge in [-0.1, -0.05) is 30.7 Å². The van der Waals surface area contributed by atoms with Crippen LogP contribution in [0.5, 0.6) is 0 Å². The molecular weight excluding hydrogens is 251 g/mol. The predicted molar refractivity (Wildman–Crippen MR) is 64.4 cm³/mol. The van der Waals surface area contributed by atoms with Gasteiger partial charge in [-0.2, -0.15) is 0 Å². The van der Waals surface area contributed by atoms with E-state index in [2.05, 4.69) is 0 Å². The molecule has 1 N–H and O–H groups in total. The van der Waals surface area contributed by atoms with Crippen molar-refractivity contribution in [1.29, 1.82) is 0 Å². The smallest absolute Gasteiger partial charge is 0.316 e. The lowest BCUT2D eigenvalue weighted by Gasteiger charge is -2.10. The van der Waals surface area contributed by atoms with Crippen molar-refractivity contribution in [3.8, 4) is 0 Å². The topological polar surface area (TPSA) is 37.3 Å². The molecule has 0 aliphatic rings. The van der Waals surface area contributed by atoms with Crippen LogP contribution in [0.4, 0.5) is 4.39 Å². The molecule has 88 valence electrons. The Morgan fingerprint density at radius 2 is 2.31 bits per heavy atom. The molecule has 1 atom stereocenters. The van der Waals surface area contributed by atoms with Crippen molar-refractivity contribution in [3.63, 3.8) is 0 Å². The first-order valence-electron chi connectivity index (χ1n) is 4.83. The van der Waals surface area contributed by atoms with E-state index in [1.54, 1.807) is 19.1 Å². The average Bonchev–Trinajstić information content (AvgIpc) is 2.24. The number of aliphatic carboxylic acids is 1. The van der Waals surface area contributed by atoms with Crippen molar-refractivity contribution in [3.05, 3.63) is 34.6 Å². The van der Waals surface area contributed by atoms with Crippen LogP contribution in [0.25, 0.3) is 0 Å². The first-order chi connectivity index (χ1) is 7.56. The Morgan fingerprint density at radius 3 is 2.88 bits per heavy atom. The van der Waals surface area contributed by atoms with Crippen LogP contribution in [0.1, 0.15) is 18.9 Å². The van der Waals surface area contributed by atoms with Crippen LogP contribution in [0, 0.1) is 5.82 Å². The van der Waals surface area contributed by atoms with Crippen LogP contribution in [-0.4, -0.2) is 16.3 Å². The highest BCUT2D eigenvalue weighted by Crippen LogP contribution is 2.26. The molecule has 16 heavy (non-hydrogen) atoms. The Labute approximate surface area is 103 Å². The molecule has 2 nitrogen and oxygen atoms in total. The van der Waals surface area contributed by atoms with Gasteiger partial charge < -0.3 is 5.11 Å². The minimum absolute atomic E-state index is 0.0789. The Balaban J connectivity index is 2.67. The Bertz CT molecular complexity index is 384. The van der Waals surface area contributed by atoms with Gasteiger partial charge in [-0.3, -0.25) is 4.79 Å². The number of thioether (sulfide) groups is 1. The van der Waals surface area contributed by atoms with Gasteiger partial charge in [0, 0.05) is 5.75 Å². The fourth-order valence-corrected chi connectivity index (χ4v) is 2.49. The van der Waals surface area contributed by atoms with Crippen molar-refractivity contribution in [2.75, 3.05) is 0 Å². The number of hydrogen-bond acceptors (Lipinski definition) is 2. The predicted octanol–water partition coefficient (Wildman–Crippen LogP) is 3.58. The van der Waals surface area contributed by atoms with Crippen molar-refractivity contribution < 1.29 is 14.3 Å². The van der Waals surface area contributed by atoms with Crippen LogP contribution in [-0.2, 0) is 10.5 Å². The maximum Gasteiger partial charge on any atom is 0.316 e. The summed E-state index contributed by atoms with van der Waals surface area (Å²) >= 11 is 7.02. The first-order valence-corrected chi connectivity index (χ1v) is 6.26. The molecule has 0 saturated carbocycles. The van der Waals surface area contributed by atoms with E-state index in [1.165, 1.54) is 17.8 Å². The second kappa shape index (κ2) is 6.11. The number of halogens is 2. The number of carboxylic acid groups (broad SMARTS) is 1. The van der Waals surface area contributed by atoms with Crippen LogP contribution >= 0.6 is 23.4 Å². The van der Waals surface area contributed by atoms with Crippen molar-refractivity contribution in [2.45, 2.75) is 24.3 Å². The highest BCUT2D eigenvalue weighted by molar-refractivity contribution is 7.99. The first kappa shape index (κ1) is 13.3. The molecule has 1 unspecified atom stereocenters. The molecule has 0 bridgehead atoms. The molecular formula is C11H12ClFO2S. The molecule has 0 spiro atoms. The molecule has 0 aromatic heterocycles. The SMILES string of the molecule is CCC(SCc1cccc(F)c1Cl)C(=O)O. The molecule has 1 aromatic carbocycles. The van der Waals surface area contributed by atoms with E-state index >= 15 is 0 Å². The summed E-state index contributed by atoms with van der Waals surface area (Å²) in [5.41, 5.74) is 0.631. The fourth-order valence-electron chi connectivity index (χ4n) is 1.21. The largest absolute Gasteiger partial charge is 0.480 e. The molecule has 1 rings (SSSR count). The molecule has 0 aliphatic carbocycles. The standard InChI is InChI=1S/C11H12ClFO2S/c1-2-9(11(14)15)16-6-7-4-3-5-8(13)10(7)12/h3-5,9H,2,6H2,1H3,(H,14,15). The molecule has 0 fully saturated rings. The monoisotopic (exact) mass is 262 g/mol. The zero-order valence-electron chi connectivity index (χ0n) is 8.74. The van der Waals surface area contributed by atoms with Gasteiger partial charge in [-0.05, 0) is 18.1 Å². The van der Waals surface area contributed by atoms with Crippen molar-refractivity contribution >= 4 is 29.3 Å². The zero-order valence-corrected chi connectivity index (χ0v) is 10.3. The second-order valence-corrected chi connectivity index (χ2v) is 4.83. The van der Waals surface area contributed by atoms with Crippen LogP contribution in [0.3, 0.4) is 0 Å². The number of carbonyl (C=O) groups is 1. The van der Waals surface area contributed by atoms with Gasteiger partial charge >= 0.3 is 5.97 Å². The van der Waals surface area contributed by atoms with Crippen LogP contribution in [0.15, 0.2) is 18.2 Å². The highest BCUT2D eigenvalue weighted by Gasteiger charge is 2.16. The number of carboxylic acids is 1. The van der Waals surface area contributed by atoms with Gasteiger partial charge in [-0.15, -0.1) is 11.8 Å². The Hall–Kier alpha value is -0.740. The van der Waals surface area contributed by atoms with Gasteiger partial charge in [0.25, 0.3) is 0 Å². The summed E-state index contributed by atoms with van der Waals surface area (Å²) in [5, 5.41) is 8.45. The lowest BCUT2D eigenvalue weighted by Crippen LogP contribution is -2.15. The average molecular weight is 263 g/mol. The molecule has 1 aromatic rings. The number of benzene rings is 1. The summed E-state index contributed by atoms with van der Waals surface area (Å²) in [6.07, 6.45) is 0.535. The highest BCUT2D eigenvalue weighted by atomic mass is 35.5. The number of hydrogen-bond donors (Lipinski definition) is 1. The van der Waals surface area contributed by atoms with E-state index in [9.17, 15) is 9.18 Å². The Morgan fingerprint density at radius 1 is 1.62 bits per heavy atom. The lowest BCUT2D eigenvalue weighted by molar-refractivity contribution is -0.136. The third-order valence-electron chi connectivity index (χ3n) is 2.12. The molecule has 0 radical (unpaired) electrons. The van der Waals surface area contributed by atoms with E-state index in [-0.39, 0.29) is 5.02 Å². The maximum absolute atomic E-state index is 13.1. The van der Waals surface area contributed by atoms with Gasteiger partial charge in [0.15, 0.2) is 0 Å². The molecule has 5 heteroatoms. The lowest BCUT2D eigenvalue weighted by atomic mass is 10.2. The minimum atomic E-state index is -0.847. The van der Waals surface area contributed by atoms with Crippen LogP contribution < -0.4 is 0 Å². The summed E-state index contributed by atoms with van der Waals surface area (Å²) in [7, 11) is 0. The molecule has 0 heterocycles. The zero-order chi connectivity index (χ0) is 12.1. The summed E-state index contributed by atoms with van der Waals surface area (Å²) in [4.78, 5) is 10.8. The summed E-state index contributed by atoms with van der Waals surface area (Å²) in [5.74, 6) is -0.912. The normalized spacial score (nSPS) is 12.4. The van der Waals surface area contributed by atoms with E-state index in [4.69, 9.17) is 16.7 Å². The van der Waals surface area contributed by atoms with E-state index < -0.39 is 17.0 Å². The van der Waals surface area contributed by atoms with Gasteiger partial charge in [-0.25, -0.2) is 4.39 Å². The quantitative estimate of drug-likeness (QED) is 0.881. The third kappa shape index (κ3) is 3.39. The Kier molecular flexibility index (Phi) is 5.09. The van der Waals surface area contributed by atoms with Crippen LogP contribution in [0.2, 0.25) is 5.02 Å².